The first-order valence-corrected chi connectivity index (χ1v) is 8.52. The van der Waals surface area contributed by atoms with Crippen LogP contribution in [0.5, 0.6) is 0 Å². The van der Waals surface area contributed by atoms with E-state index in [9.17, 15) is 4.79 Å². The van der Waals surface area contributed by atoms with Crippen LogP contribution in [0, 0.1) is 0 Å². The highest BCUT2D eigenvalue weighted by Crippen LogP contribution is 2.25. The highest BCUT2D eigenvalue weighted by Gasteiger charge is 2.21. The van der Waals surface area contributed by atoms with E-state index in [1.54, 1.807) is 17.2 Å². The van der Waals surface area contributed by atoms with Gasteiger partial charge in [-0.05, 0) is 25.7 Å². The molecule has 1 saturated heterocycles. The summed E-state index contributed by atoms with van der Waals surface area (Å²) >= 11 is 0. The van der Waals surface area contributed by atoms with Crippen molar-refractivity contribution in [3.05, 3.63) is 12.5 Å². The molecule has 0 radical (unpaired) electrons. The Kier molecular flexibility index (Phi) is 3.85. The second-order valence-corrected chi connectivity index (χ2v) is 6.48. The predicted molar refractivity (Wildman–Crippen MR) is 87.2 cm³/mol. The van der Waals surface area contributed by atoms with Crippen molar-refractivity contribution in [1.82, 2.24) is 25.1 Å². The van der Waals surface area contributed by atoms with Crippen LogP contribution < -0.4 is 10.2 Å². The number of carbonyl (C=O) groups excluding carboxylic acids is 1. The molecule has 1 aliphatic carbocycles. The molecule has 2 fully saturated rings. The van der Waals surface area contributed by atoms with E-state index in [2.05, 4.69) is 25.3 Å². The van der Waals surface area contributed by atoms with Crippen LogP contribution in [0.15, 0.2) is 12.5 Å². The van der Waals surface area contributed by atoms with Crippen molar-refractivity contribution in [3.8, 4) is 0 Å². The fourth-order valence-corrected chi connectivity index (χ4v) is 3.66. The lowest BCUT2D eigenvalue weighted by Crippen LogP contribution is -2.35. The Morgan fingerprint density at radius 2 is 1.96 bits per heavy atom. The van der Waals surface area contributed by atoms with Gasteiger partial charge in [0.1, 0.15) is 18.7 Å². The van der Waals surface area contributed by atoms with Crippen LogP contribution in [0.2, 0.25) is 0 Å². The van der Waals surface area contributed by atoms with Gasteiger partial charge in [0, 0.05) is 19.1 Å². The summed E-state index contributed by atoms with van der Waals surface area (Å²) in [6.45, 7) is 2.27. The molecule has 2 aliphatic rings. The van der Waals surface area contributed by atoms with E-state index in [1.165, 1.54) is 25.7 Å². The van der Waals surface area contributed by atoms with Crippen molar-refractivity contribution in [3.63, 3.8) is 0 Å². The van der Waals surface area contributed by atoms with Gasteiger partial charge in [0.15, 0.2) is 5.65 Å². The zero-order valence-corrected chi connectivity index (χ0v) is 13.2. The molecule has 7 nitrogen and oxygen atoms in total. The summed E-state index contributed by atoms with van der Waals surface area (Å²) in [4.78, 5) is 23.3. The lowest BCUT2D eigenvalue weighted by Gasteiger charge is -2.16. The Bertz CT molecular complexity index is 700. The van der Waals surface area contributed by atoms with Crippen molar-refractivity contribution in [2.75, 3.05) is 18.0 Å². The second kappa shape index (κ2) is 6.14. The smallest absolute Gasteiger partial charge is 0.242 e. The predicted octanol–water partition coefficient (Wildman–Crippen LogP) is 1.49. The van der Waals surface area contributed by atoms with Gasteiger partial charge in [-0.3, -0.25) is 4.79 Å². The van der Waals surface area contributed by atoms with Gasteiger partial charge < -0.3 is 10.2 Å². The fourth-order valence-electron chi connectivity index (χ4n) is 3.66. The summed E-state index contributed by atoms with van der Waals surface area (Å²) in [5.74, 6) is 0.957. The first kappa shape index (κ1) is 14.4. The van der Waals surface area contributed by atoms with Crippen molar-refractivity contribution in [2.24, 2.45) is 0 Å². The third-order valence-corrected chi connectivity index (χ3v) is 4.83. The van der Waals surface area contributed by atoms with Crippen molar-refractivity contribution in [2.45, 2.75) is 51.1 Å². The average molecular weight is 314 g/mol. The minimum absolute atomic E-state index is 0.0169. The summed E-state index contributed by atoms with van der Waals surface area (Å²) in [6.07, 6.45) is 10.4. The molecule has 0 aromatic carbocycles. The number of amides is 1. The quantitative estimate of drug-likeness (QED) is 0.925. The molecule has 3 heterocycles. The second-order valence-electron chi connectivity index (χ2n) is 6.48. The van der Waals surface area contributed by atoms with E-state index in [0.29, 0.717) is 6.04 Å². The Balaban J connectivity index is 1.53. The Labute approximate surface area is 135 Å². The van der Waals surface area contributed by atoms with Gasteiger partial charge in [-0.25, -0.2) is 14.6 Å². The van der Waals surface area contributed by atoms with Crippen LogP contribution in [0.3, 0.4) is 0 Å². The van der Waals surface area contributed by atoms with E-state index in [1.807, 2.05) is 0 Å². The standard InChI is InChI=1S/C16H22N6O/c23-14(20-12-5-1-2-6-12)10-22-16-13(9-19-22)15(17-11-18-16)21-7-3-4-8-21/h9,11-12H,1-8,10H2,(H,20,23). The van der Waals surface area contributed by atoms with Gasteiger partial charge in [0.2, 0.25) is 5.91 Å². The molecule has 0 unspecified atom stereocenters. The molecule has 2 aromatic heterocycles. The normalized spacial score (nSPS) is 18.9. The number of aromatic nitrogens is 4. The SMILES string of the molecule is O=C(Cn1ncc2c(N3CCCC3)ncnc21)NC1CCCC1. The topological polar surface area (TPSA) is 75.9 Å². The summed E-state index contributed by atoms with van der Waals surface area (Å²) in [6, 6.07) is 0.333. The Morgan fingerprint density at radius 3 is 2.74 bits per heavy atom. The summed E-state index contributed by atoms with van der Waals surface area (Å²) in [5, 5.41) is 8.40. The molecule has 1 amide bonds. The number of fused-ring (bicyclic) bond motifs is 1. The number of anilines is 1. The van der Waals surface area contributed by atoms with Gasteiger partial charge in [-0.15, -0.1) is 0 Å². The summed E-state index contributed by atoms with van der Waals surface area (Å²) in [7, 11) is 0. The van der Waals surface area contributed by atoms with E-state index in [-0.39, 0.29) is 12.5 Å². The number of hydrogen-bond donors (Lipinski definition) is 1. The van der Waals surface area contributed by atoms with Gasteiger partial charge in [-0.1, -0.05) is 12.8 Å². The van der Waals surface area contributed by atoms with Gasteiger partial charge in [0.25, 0.3) is 0 Å². The lowest BCUT2D eigenvalue weighted by molar-refractivity contribution is -0.122. The monoisotopic (exact) mass is 314 g/mol. The van der Waals surface area contributed by atoms with Crippen molar-refractivity contribution >= 4 is 22.8 Å². The summed E-state index contributed by atoms with van der Waals surface area (Å²) < 4.78 is 1.68. The maximum absolute atomic E-state index is 12.2. The third-order valence-electron chi connectivity index (χ3n) is 4.83. The number of nitrogens with zero attached hydrogens (tertiary/aromatic N) is 5. The summed E-state index contributed by atoms with van der Waals surface area (Å²) in [5.41, 5.74) is 0.739. The molecule has 0 atom stereocenters. The molecule has 122 valence electrons. The first-order valence-electron chi connectivity index (χ1n) is 8.52. The van der Waals surface area contributed by atoms with E-state index in [0.717, 1.165) is 42.8 Å². The molecule has 23 heavy (non-hydrogen) atoms. The highest BCUT2D eigenvalue weighted by molar-refractivity contribution is 5.88. The van der Waals surface area contributed by atoms with Crippen LogP contribution in [0.25, 0.3) is 11.0 Å². The van der Waals surface area contributed by atoms with Crippen LogP contribution in [0.1, 0.15) is 38.5 Å². The number of nitrogens with one attached hydrogen (secondary N) is 1. The van der Waals surface area contributed by atoms with Crippen LogP contribution in [0.4, 0.5) is 5.82 Å². The number of rotatable bonds is 4. The molecule has 0 spiro atoms. The first-order chi connectivity index (χ1) is 11.3. The lowest BCUT2D eigenvalue weighted by atomic mass is 10.2. The third kappa shape index (κ3) is 2.87. The molecule has 1 saturated carbocycles. The molecular formula is C16H22N6O. The maximum Gasteiger partial charge on any atom is 0.242 e. The highest BCUT2D eigenvalue weighted by atomic mass is 16.2. The van der Waals surface area contributed by atoms with Gasteiger partial charge in [0.05, 0.1) is 11.6 Å². The van der Waals surface area contributed by atoms with E-state index >= 15 is 0 Å². The average Bonchev–Trinajstić information content (AvgIpc) is 3.28. The van der Waals surface area contributed by atoms with Crippen molar-refractivity contribution < 1.29 is 4.79 Å². The van der Waals surface area contributed by atoms with Crippen LogP contribution in [-0.4, -0.2) is 44.8 Å². The zero-order chi connectivity index (χ0) is 15.6. The molecule has 7 heteroatoms. The molecular weight excluding hydrogens is 292 g/mol. The molecule has 2 aromatic rings. The fraction of sp³-hybridized carbons (Fsp3) is 0.625. The maximum atomic E-state index is 12.2. The Hall–Kier alpha value is -2.18. The van der Waals surface area contributed by atoms with Crippen molar-refractivity contribution in [1.29, 1.82) is 0 Å². The Morgan fingerprint density at radius 1 is 1.17 bits per heavy atom. The molecule has 0 bridgehead atoms. The zero-order valence-electron chi connectivity index (χ0n) is 13.2. The molecule has 4 rings (SSSR count). The van der Waals surface area contributed by atoms with Crippen LogP contribution >= 0.6 is 0 Å². The van der Waals surface area contributed by atoms with E-state index in [4.69, 9.17) is 0 Å². The molecule has 1 N–H and O–H groups in total. The number of hydrogen-bond acceptors (Lipinski definition) is 5. The minimum atomic E-state index is 0.0169. The van der Waals surface area contributed by atoms with Crippen LogP contribution in [-0.2, 0) is 11.3 Å². The van der Waals surface area contributed by atoms with Gasteiger partial charge in [-0.2, -0.15) is 5.10 Å². The van der Waals surface area contributed by atoms with Gasteiger partial charge >= 0.3 is 0 Å². The largest absolute Gasteiger partial charge is 0.356 e. The molecule has 1 aliphatic heterocycles. The van der Waals surface area contributed by atoms with E-state index < -0.39 is 0 Å². The number of carbonyl (C=O) groups is 1. The minimum Gasteiger partial charge on any atom is -0.356 e.